The topological polar surface area (TPSA) is 35.2 Å². The van der Waals surface area contributed by atoms with Crippen LogP contribution in [-0.4, -0.2) is 19.3 Å². The Morgan fingerprint density at radius 3 is 3.00 bits per heavy atom. The van der Waals surface area contributed by atoms with Crippen molar-refractivity contribution in [2.24, 2.45) is 11.7 Å². The zero-order valence-corrected chi connectivity index (χ0v) is 5.97. The molecule has 1 heterocycles. The Balaban J connectivity index is 2.11. The predicted molar refractivity (Wildman–Crippen MR) is 37.2 cm³/mol. The molecule has 0 spiro atoms. The molecule has 0 aromatic heterocycles. The van der Waals surface area contributed by atoms with E-state index in [2.05, 4.69) is 6.92 Å². The minimum absolute atomic E-state index is 0.344. The molecule has 0 radical (unpaired) electrons. The number of nitrogens with two attached hydrogens (primary N) is 1. The van der Waals surface area contributed by atoms with E-state index in [-0.39, 0.29) is 0 Å². The highest BCUT2D eigenvalue weighted by Gasteiger charge is 2.16. The molecule has 1 rings (SSSR count). The van der Waals surface area contributed by atoms with Crippen molar-refractivity contribution in [2.75, 3.05) is 13.2 Å². The SMILES string of the molecule is CC(N)CC1CCOC1. The van der Waals surface area contributed by atoms with Gasteiger partial charge in [-0.15, -0.1) is 0 Å². The van der Waals surface area contributed by atoms with Crippen LogP contribution in [0.25, 0.3) is 0 Å². The smallest absolute Gasteiger partial charge is 0.0495 e. The first-order valence-electron chi connectivity index (χ1n) is 3.62. The van der Waals surface area contributed by atoms with Crippen molar-refractivity contribution in [3.63, 3.8) is 0 Å². The largest absolute Gasteiger partial charge is 0.381 e. The van der Waals surface area contributed by atoms with E-state index in [9.17, 15) is 0 Å². The standard InChI is InChI=1S/C7H15NO/c1-6(8)4-7-2-3-9-5-7/h6-7H,2-5,8H2,1H3. The summed E-state index contributed by atoms with van der Waals surface area (Å²) >= 11 is 0. The van der Waals surface area contributed by atoms with Crippen molar-refractivity contribution in [1.29, 1.82) is 0 Å². The van der Waals surface area contributed by atoms with E-state index in [1.54, 1.807) is 0 Å². The third kappa shape index (κ3) is 2.33. The van der Waals surface area contributed by atoms with Gasteiger partial charge in [0, 0.05) is 19.3 Å². The van der Waals surface area contributed by atoms with Crippen molar-refractivity contribution in [2.45, 2.75) is 25.8 Å². The molecule has 1 saturated heterocycles. The van der Waals surface area contributed by atoms with E-state index in [0.717, 1.165) is 25.6 Å². The molecule has 2 atom stereocenters. The van der Waals surface area contributed by atoms with Crippen molar-refractivity contribution >= 4 is 0 Å². The molecule has 0 aromatic rings. The first-order valence-corrected chi connectivity index (χ1v) is 3.62. The van der Waals surface area contributed by atoms with Crippen LogP contribution in [0.2, 0.25) is 0 Å². The molecular formula is C7H15NO. The lowest BCUT2D eigenvalue weighted by Gasteiger charge is -2.08. The number of rotatable bonds is 2. The van der Waals surface area contributed by atoms with E-state index in [1.165, 1.54) is 6.42 Å². The summed E-state index contributed by atoms with van der Waals surface area (Å²) in [5.74, 6) is 0.741. The molecule has 2 heteroatoms. The van der Waals surface area contributed by atoms with Gasteiger partial charge in [0.15, 0.2) is 0 Å². The van der Waals surface area contributed by atoms with E-state index in [0.29, 0.717) is 6.04 Å². The minimum atomic E-state index is 0.344. The fraction of sp³-hybridized carbons (Fsp3) is 1.00. The average molecular weight is 129 g/mol. The summed E-state index contributed by atoms with van der Waals surface area (Å²) in [7, 11) is 0. The summed E-state index contributed by atoms with van der Waals surface area (Å²) in [6.07, 6.45) is 2.33. The van der Waals surface area contributed by atoms with Crippen LogP contribution >= 0.6 is 0 Å². The molecule has 2 unspecified atom stereocenters. The number of ether oxygens (including phenoxy) is 1. The fourth-order valence-electron chi connectivity index (χ4n) is 1.30. The zero-order valence-electron chi connectivity index (χ0n) is 5.97. The van der Waals surface area contributed by atoms with Gasteiger partial charge in [0.2, 0.25) is 0 Å². The molecule has 9 heavy (non-hydrogen) atoms. The first kappa shape index (κ1) is 7.03. The lowest BCUT2D eigenvalue weighted by atomic mass is 10.0. The Bertz CT molecular complexity index is 77.0. The van der Waals surface area contributed by atoms with Gasteiger partial charge in [0.25, 0.3) is 0 Å². The van der Waals surface area contributed by atoms with Gasteiger partial charge < -0.3 is 10.5 Å². The van der Waals surface area contributed by atoms with E-state index < -0.39 is 0 Å². The Kier molecular flexibility index (Phi) is 2.49. The van der Waals surface area contributed by atoms with Crippen LogP contribution in [0.15, 0.2) is 0 Å². The summed E-state index contributed by atoms with van der Waals surface area (Å²) < 4.78 is 5.20. The molecule has 1 aliphatic heterocycles. The van der Waals surface area contributed by atoms with Crippen molar-refractivity contribution in [1.82, 2.24) is 0 Å². The lowest BCUT2D eigenvalue weighted by Crippen LogP contribution is -2.19. The first-order chi connectivity index (χ1) is 4.29. The van der Waals surface area contributed by atoms with Crippen LogP contribution in [-0.2, 0) is 4.74 Å². The molecule has 1 aliphatic rings. The molecule has 0 bridgehead atoms. The third-order valence-electron chi connectivity index (χ3n) is 1.73. The molecule has 0 saturated carbocycles. The molecule has 1 fully saturated rings. The highest BCUT2D eigenvalue weighted by atomic mass is 16.5. The summed E-state index contributed by atoms with van der Waals surface area (Å²) in [5, 5.41) is 0. The Labute approximate surface area is 56.4 Å². The highest BCUT2D eigenvalue weighted by molar-refractivity contribution is 4.68. The summed E-state index contributed by atoms with van der Waals surface area (Å²) in [6, 6.07) is 0.344. The Hall–Kier alpha value is -0.0800. The predicted octanol–water partition coefficient (Wildman–Crippen LogP) is 0.760. The molecule has 2 nitrogen and oxygen atoms in total. The molecule has 0 aromatic carbocycles. The van der Waals surface area contributed by atoms with Crippen LogP contribution in [0.3, 0.4) is 0 Å². The average Bonchev–Trinajstić information content (AvgIpc) is 2.15. The van der Waals surface area contributed by atoms with Gasteiger partial charge in [-0.1, -0.05) is 0 Å². The second-order valence-electron chi connectivity index (χ2n) is 2.94. The summed E-state index contributed by atoms with van der Waals surface area (Å²) in [6.45, 7) is 3.93. The van der Waals surface area contributed by atoms with Gasteiger partial charge in [-0.05, 0) is 25.7 Å². The molecule has 0 amide bonds. The van der Waals surface area contributed by atoms with Gasteiger partial charge in [0.1, 0.15) is 0 Å². The number of hydrogen-bond donors (Lipinski definition) is 1. The Morgan fingerprint density at radius 1 is 1.78 bits per heavy atom. The summed E-state index contributed by atoms with van der Waals surface area (Å²) in [5.41, 5.74) is 5.62. The van der Waals surface area contributed by atoms with Gasteiger partial charge >= 0.3 is 0 Å². The van der Waals surface area contributed by atoms with Crippen molar-refractivity contribution in [3.05, 3.63) is 0 Å². The molecular weight excluding hydrogens is 114 g/mol. The van der Waals surface area contributed by atoms with Gasteiger partial charge in [-0.2, -0.15) is 0 Å². The lowest BCUT2D eigenvalue weighted by molar-refractivity contribution is 0.183. The highest BCUT2D eigenvalue weighted by Crippen LogP contribution is 2.16. The Morgan fingerprint density at radius 2 is 2.56 bits per heavy atom. The molecule has 54 valence electrons. The maximum absolute atomic E-state index is 5.62. The second kappa shape index (κ2) is 3.18. The van der Waals surface area contributed by atoms with Crippen LogP contribution in [0, 0.1) is 5.92 Å². The maximum atomic E-state index is 5.62. The van der Waals surface area contributed by atoms with Crippen LogP contribution < -0.4 is 5.73 Å². The fourth-order valence-corrected chi connectivity index (χ4v) is 1.30. The second-order valence-corrected chi connectivity index (χ2v) is 2.94. The van der Waals surface area contributed by atoms with E-state index in [1.807, 2.05) is 0 Å². The summed E-state index contributed by atoms with van der Waals surface area (Å²) in [4.78, 5) is 0. The normalized spacial score (nSPS) is 30.7. The quantitative estimate of drug-likeness (QED) is 0.597. The van der Waals surface area contributed by atoms with Crippen LogP contribution in [0.1, 0.15) is 19.8 Å². The van der Waals surface area contributed by atoms with E-state index >= 15 is 0 Å². The molecule has 2 N–H and O–H groups in total. The monoisotopic (exact) mass is 129 g/mol. The molecule has 0 aliphatic carbocycles. The van der Waals surface area contributed by atoms with Crippen LogP contribution in [0.5, 0.6) is 0 Å². The minimum Gasteiger partial charge on any atom is -0.381 e. The zero-order chi connectivity index (χ0) is 6.69. The van der Waals surface area contributed by atoms with Gasteiger partial charge in [-0.3, -0.25) is 0 Å². The van der Waals surface area contributed by atoms with Crippen molar-refractivity contribution in [3.8, 4) is 0 Å². The van der Waals surface area contributed by atoms with Crippen molar-refractivity contribution < 1.29 is 4.74 Å². The third-order valence-corrected chi connectivity index (χ3v) is 1.73. The van der Waals surface area contributed by atoms with Gasteiger partial charge in [0.05, 0.1) is 0 Å². The van der Waals surface area contributed by atoms with Crippen LogP contribution in [0.4, 0.5) is 0 Å². The number of hydrogen-bond acceptors (Lipinski definition) is 2. The van der Waals surface area contributed by atoms with E-state index in [4.69, 9.17) is 10.5 Å². The van der Waals surface area contributed by atoms with Gasteiger partial charge in [-0.25, -0.2) is 0 Å². The maximum Gasteiger partial charge on any atom is 0.0495 e.